The summed E-state index contributed by atoms with van der Waals surface area (Å²) < 4.78 is 6.19. The van der Waals surface area contributed by atoms with Crippen molar-refractivity contribution in [3.63, 3.8) is 0 Å². The van der Waals surface area contributed by atoms with E-state index in [-0.39, 0.29) is 12.0 Å². The Kier molecular flexibility index (Phi) is 4.97. The van der Waals surface area contributed by atoms with E-state index < -0.39 is 0 Å². The number of carbonyl (C=O) groups excluding carboxylic acids is 1. The molecule has 18 heavy (non-hydrogen) atoms. The highest BCUT2D eigenvalue weighted by Gasteiger charge is 2.17. The fraction of sp³-hybridized carbons (Fsp3) is 0.500. The average Bonchev–Trinajstić information content (AvgIpc) is 2.35. The zero-order valence-corrected chi connectivity index (χ0v) is 12.1. The molecular weight excluding hydrogens is 320 g/mol. The number of anilines is 1. The summed E-state index contributed by atoms with van der Waals surface area (Å²) in [4.78, 5) is 15.8. The van der Waals surface area contributed by atoms with Gasteiger partial charge < -0.3 is 10.1 Å². The second-order valence-corrected chi connectivity index (χ2v) is 5.45. The van der Waals surface area contributed by atoms with Crippen LogP contribution in [0.2, 0.25) is 5.15 Å². The molecule has 0 spiro atoms. The predicted molar refractivity (Wildman–Crippen MR) is 73.8 cm³/mol. The lowest BCUT2D eigenvalue weighted by Gasteiger charge is -2.21. The molecule has 1 atom stereocenters. The van der Waals surface area contributed by atoms with E-state index in [9.17, 15) is 4.79 Å². The van der Waals surface area contributed by atoms with E-state index >= 15 is 0 Å². The van der Waals surface area contributed by atoms with Crippen molar-refractivity contribution in [2.45, 2.75) is 31.8 Å². The third-order valence-electron chi connectivity index (χ3n) is 2.77. The van der Waals surface area contributed by atoms with Gasteiger partial charge in [0.1, 0.15) is 5.15 Å². The number of hydrogen-bond acceptors (Lipinski definition) is 3. The van der Waals surface area contributed by atoms with E-state index in [2.05, 4.69) is 26.2 Å². The summed E-state index contributed by atoms with van der Waals surface area (Å²) in [5.41, 5.74) is 0.632. The smallest absolute Gasteiger partial charge is 0.227 e. The van der Waals surface area contributed by atoms with Crippen molar-refractivity contribution in [1.82, 2.24) is 4.98 Å². The van der Waals surface area contributed by atoms with Crippen LogP contribution in [0, 0.1) is 0 Å². The van der Waals surface area contributed by atoms with Crippen LogP contribution in [0.4, 0.5) is 5.69 Å². The Bertz CT molecular complexity index is 436. The molecule has 1 amide bonds. The van der Waals surface area contributed by atoms with E-state index in [0.717, 1.165) is 25.9 Å². The minimum atomic E-state index is -0.0575. The molecule has 0 bridgehead atoms. The number of halogens is 2. The second-order valence-electron chi connectivity index (χ2n) is 4.24. The van der Waals surface area contributed by atoms with Gasteiger partial charge in [-0.3, -0.25) is 4.79 Å². The summed E-state index contributed by atoms with van der Waals surface area (Å²) in [6, 6.07) is 1.73. The van der Waals surface area contributed by atoms with Crippen LogP contribution in [0.15, 0.2) is 16.7 Å². The fourth-order valence-corrected chi connectivity index (χ4v) is 2.33. The first-order chi connectivity index (χ1) is 8.65. The van der Waals surface area contributed by atoms with Crippen LogP contribution in [-0.4, -0.2) is 23.6 Å². The number of ether oxygens (including phenoxy) is 1. The van der Waals surface area contributed by atoms with Gasteiger partial charge in [0.25, 0.3) is 0 Å². The van der Waals surface area contributed by atoms with Crippen molar-refractivity contribution in [1.29, 1.82) is 0 Å². The maximum absolute atomic E-state index is 11.8. The third kappa shape index (κ3) is 3.93. The molecule has 1 fully saturated rings. The summed E-state index contributed by atoms with van der Waals surface area (Å²) in [7, 11) is 0. The van der Waals surface area contributed by atoms with Crippen LogP contribution in [0.5, 0.6) is 0 Å². The number of nitrogens with one attached hydrogen (secondary N) is 1. The lowest BCUT2D eigenvalue weighted by Crippen LogP contribution is -2.25. The molecule has 1 unspecified atom stereocenters. The molecule has 2 heterocycles. The number of amides is 1. The molecule has 1 aliphatic rings. The average molecular weight is 334 g/mol. The summed E-state index contributed by atoms with van der Waals surface area (Å²) >= 11 is 9.05. The lowest BCUT2D eigenvalue weighted by molar-refractivity contribution is -0.119. The minimum Gasteiger partial charge on any atom is -0.378 e. The predicted octanol–water partition coefficient (Wildman–Crippen LogP) is 3.40. The minimum absolute atomic E-state index is 0.0439. The van der Waals surface area contributed by atoms with E-state index in [1.54, 1.807) is 6.07 Å². The molecule has 0 aromatic carbocycles. The highest BCUT2D eigenvalue weighted by molar-refractivity contribution is 9.10. The SMILES string of the molecule is O=C(CC1CCCCO1)Nc1cnc(Cl)c(Br)c1. The Morgan fingerprint density at radius 1 is 1.61 bits per heavy atom. The summed E-state index contributed by atoms with van der Waals surface area (Å²) in [6.07, 6.45) is 5.14. The lowest BCUT2D eigenvalue weighted by atomic mass is 10.1. The Labute approximate surface area is 119 Å². The van der Waals surface area contributed by atoms with Gasteiger partial charge in [-0.05, 0) is 41.3 Å². The van der Waals surface area contributed by atoms with E-state index in [1.165, 1.54) is 6.20 Å². The number of pyridine rings is 1. The Morgan fingerprint density at radius 3 is 3.11 bits per heavy atom. The zero-order valence-electron chi connectivity index (χ0n) is 9.79. The molecule has 1 saturated heterocycles. The molecule has 2 rings (SSSR count). The van der Waals surface area contributed by atoms with Crippen LogP contribution in [-0.2, 0) is 9.53 Å². The maximum Gasteiger partial charge on any atom is 0.227 e. The number of aromatic nitrogens is 1. The van der Waals surface area contributed by atoms with E-state index in [1.807, 2.05) is 0 Å². The van der Waals surface area contributed by atoms with Gasteiger partial charge in [-0.2, -0.15) is 0 Å². The highest BCUT2D eigenvalue weighted by atomic mass is 79.9. The van der Waals surface area contributed by atoms with Gasteiger partial charge in [-0.25, -0.2) is 4.98 Å². The van der Waals surface area contributed by atoms with Crippen LogP contribution in [0.25, 0.3) is 0 Å². The third-order valence-corrected chi connectivity index (χ3v) is 3.90. The molecule has 4 nitrogen and oxygen atoms in total. The molecule has 1 aliphatic heterocycles. The fourth-order valence-electron chi connectivity index (χ4n) is 1.88. The molecule has 98 valence electrons. The largest absolute Gasteiger partial charge is 0.378 e. The van der Waals surface area contributed by atoms with Gasteiger partial charge in [0.05, 0.1) is 28.9 Å². The van der Waals surface area contributed by atoms with Crippen LogP contribution in [0.3, 0.4) is 0 Å². The monoisotopic (exact) mass is 332 g/mol. The van der Waals surface area contributed by atoms with Crippen molar-refractivity contribution >= 4 is 39.1 Å². The number of rotatable bonds is 3. The Hall–Kier alpha value is -0.650. The van der Waals surface area contributed by atoms with E-state index in [4.69, 9.17) is 16.3 Å². The van der Waals surface area contributed by atoms with Crippen molar-refractivity contribution in [3.8, 4) is 0 Å². The van der Waals surface area contributed by atoms with Crippen molar-refractivity contribution in [3.05, 3.63) is 21.9 Å². The van der Waals surface area contributed by atoms with Crippen molar-refractivity contribution in [2.75, 3.05) is 11.9 Å². The van der Waals surface area contributed by atoms with Gasteiger partial charge in [0.15, 0.2) is 0 Å². The number of hydrogen-bond donors (Lipinski definition) is 1. The van der Waals surface area contributed by atoms with Crippen LogP contribution >= 0.6 is 27.5 Å². The van der Waals surface area contributed by atoms with Gasteiger partial charge in [0.2, 0.25) is 5.91 Å². The standard InChI is InChI=1S/C12H14BrClN2O2/c13-10-5-8(7-15-12(10)14)16-11(17)6-9-3-1-2-4-18-9/h5,7,9H,1-4,6H2,(H,16,17). The molecule has 0 saturated carbocycles. The van der Waals surface area contributed by atoms with Crippen LogP contribution in [0.1, 0.15) is 25.7 Å². The first-order valence-electron chi connectivity index (χ1n) is 5.87. The quantitative estimate of drug-likeness (QED) is 0.863. The number of nitrogens with zero attached hydrogens (tertiary/aromatic N) is 1. The molecular formula is C12H14BrClN2O2. The van der Waals surface area contributed by atoms with Gasteiger partial charge in [-0.1, -0.05) is 11.6 Å². The second kappa shape index (κ2) is 6.50. The summed E-state index contributed by atoms with van der Waals surface area (Å²) in [5, 5.41) is 3.17. The molecule has 1 aromatic rings. The molecule has 0 radical (unpaired) electrons. The van der Waals surface area contributed by atoms with E-state index in [0.29, 0.717) is 21.7 Å². The molecule has 1 N–H and O–H groups in total. The van der Waals surface area contributed by atoms with Gasteiger partial charge >= 0.3 is 0 Å². The number of carbonyl (C=O) groups is 1. The Morgan fingerprint density at radius 2 is 2.44 bits per heavy atom. The van der Waals surface area contributed by atoms with Gasteiger partial charge in [-0.15, -0.1) is 0 Å². The van der Waals surface area contributed by atoms with Crippen molar-refractivity contribution in [2.24, 2.45) is 0 Å². The molecule has 6 heteroatoms. The first kappa shape index (κ1) is 13.8. The highest BCUT2D eigenvalue weighted by Crippen LogP contribution is 2.23. The Balaban J connectivity index is 1.88. The van der Waals surface area contributed by atoms with Gasteiger partial charge in [0, 0.05) is 6.61 Å². The first-order valence-corrected chi connectivity index (χ1v) is 7.05. The molecule has 0 aliphatic carbocycles. The van der Waals surface area contributed by atoms with Crippen molar-refractivity contribution < 1.29 is 9.53 Å². The topological polar surface area (TPSA) is 51.2 Å². The molecule has 1 aromatic heterocycles. The van der Waals surface area contributed by atoms with Crippen LogP contribution < -0.4 is 5.32 Å². The normalized spacial score (nSPS) is 19.6. The summed E-state index contributed by atoms with van der Waals surface area (Å²) in [5.74, 6) is -0.0575. The summed E-state index contributed by atoms with van der Waals surface area (Å²) in [6.45, 7) is 0.756. The zero-order chi connectivity index (χ0) is 13.0. The maximum atomic E-state index is 11.8.